The summed E-state index contributed by atoms with van der Waals surface area (Å²) in [6.07, 6.45) is 3.39. The van der Waals surface area contributed by atoms with Crippen molar-refractivity contribution < 1.29 is 14.3 Å². The van der Waals surface area contributed by atoms with E-state index in [2.05, 4.69) is 0 Å². The highest BCUT2D eigenvalue weighted by Gasteiger charge is 2.30. The average Bonchev–Trinajstić information content (AvgIpc) is 2.45. The van der Waals surface area contributed by atoms with Crippen LogP contribution in [0.15, 0.2) is 48.7 Å². The van der Waals surface area contributed by atoms with E-state index in [1.54, 1.807) is 30.3 Å². The van der Waals surface area contributed by atoms with Crippen molar-refractivity contribution in [1.82, 2.24) is 0 Å². The molecule has 0 spiro atoms. The molecule has 1 aliphatic heterocycles. The lowest BCUT2D eigenvalue weighted by molar-refractivity contribution is -0.608. The first-order valence-electron chi connectivity index (χ1n) is 7.13. The SMILES string of the molecule is CC(=O)c1ccc2c(c1)C(c1cccc[n+]1[O-])=CC(C)(C)O2. The minimum absolute atomic E-state index is 0.0185. The van der Waals surface area contributed by atoms with E-state index in [-0.39, 0.29) is 5.78 Å². The monoisotopic (exact) mass is 295 g/mol. The van der Waals surface area contributed by atoms with Gasteiger partial charge < -0.3 is 9.94 Å². The second kappa shape index (κ2) is 4.98. The predicted octanol–water partition coefficient (Wildman–Crippen LogP) is 3.13. The Labute approximate surface area is 129 Å². The molecule has 0 aliphatic carbocycles. The molecule has 0 fully saturated rings. The number of hydrogen-bond donors (Lipinski definition) is 0. The highest BCUT2D eigenvalue weighted by atomic mass is 16.5. The van der Waals surface area contributed by atoms with Gasteiger partial charge in [-0.05, 0) is 51.1 Å². The van der Waals surface area contributed by atoms with Crippen molar-refractivity contribution >= 4 is 11.4 Å². The Kier molecular flexibility index (Phi) is 3.24. The first-order chi connectivity index (χ1) is 10.4. The van der Waals surface area contributed by atoms with Crippen LogP contribution in [0.3, 0.4) is 0 Å². The van der Waals surface area contributed by atoms with Gasteiger partial charge in [0, 0.05) is 23.3 Å². The summed E-state index contributed by atoms with van der Waals surface area (Å²) in [5, 5.41) is 12.1. The zero-order valence-corrected chi connectivity index (χ0v) is 12.8. The van der Waals surface area contributed by atoms with Crippen molar-refractivity contribution in [3.05, 3.63) is 70.7 Å². The summed E-state index contributed by atoms with van der Waals surface area (Å²) < 4.78 is 6.78. The number of carbonyl (C=O) groups excluding carboxylic acids is 1. The van der Waals surface area contributed by atoms with Crippen molar-refractivity contribution in [2.45, 2.75) is 26.4 Å². The Morgan fingerprint density at radius 1 is 1.23 bits per heavy atom. The van der Waals surface area contributed by atoms with Crippen LogP contribution < -0.4 is 9.47 Å². The van der Waals surface area contributed by atoms with Crippen LogP contribution in [0.4, 0.5) is 0 Å². The number of rotatable bonds is 2. The molecule has 0 radical (unpaired) electrons. The number of aromatic nitrogens is 1. The van der Waals surface area contributed by atoms with Crippen LogP contribution in [-0.4, -0.2) is 11.4 Å². The molecule has 4 nitrogen and oxygen atoms in total. The average molecular weight is 295 g/mol. The molecule has 2 aromatic rings. The fraction of sp³-hybridized carbons (Fsp3) is 0.222. The predicted molar refractivity (Wildman–Crippen MR) is 83.6 cm³/mol. The largest absolute Gasteiger partial charge is 0.618 e. The van der Waals surface area contributed by atoms with Crippen LogP contribution >= 0.6 is 0 Å². The molecule has 1 aliphatic rings. The number of carbonyl (C=O) groups is 1. The fourth-order valence-electron chi connectivity index (χ4n) is 2.64. The summed E-state index contributed by atoms with van der Waals surface area (Å²) in [6.45, 7) is 5.40. The number of pyridine rings is 1. The lowest BCUT2D eigenvalue weighted by Crippen LogP contribution is -2.34. The van der Waals surface area contributed by atoms with E-state index in [0.29, 0.717) is 17.0 Å². The molecule has 4 heteroatoms. The highest BCUT2D eigenvalue weighted by molar-refractivity contribution is 5.96. The third-order valence-electron chi connectivity index (χ3n) is 3.64. The minimum Gasteiger partial charge on any atom is -0.618 e. The number of fused-ring (bicyclic) bond motifs is 1. The smallest absolute Gasteiger partial charge is 0.224 e. The Hall–Kier alpha value is -2.62. The van der Waals surface area contributed by atoms with Gasteiger partial charge in [0.15, 0.2) is 12.0 Å². The first kappa shape index (κ1) is 14.3. The van der Waals surface area contributed by atoms with Crippen molar-refractivity contribution in [3.8, 4) is 5.75 Å². The van der Waals surface area contributed by atoms with E-state index >= 15 is 0 Å². The van der Waals surface area contributed by atoms with E-state index in [1.165, 1.54) is 13.1 Å². The lowest BCUT2D eigenvalue weighted by atomic mass is 9.91. The van der Waals surface area contributed by atoms with Crippen molar-refractivity contribution in [2.75, 3.05) is 0 Å². The molecule has 0 amide bonds. The Balaban J connectivity index is 2.25. The third kappa shape index (κ3) is 2.48. The summed E-state index contributed by atoms with van der Waals surface area (Å²) in [5.41, 5.74) is 2.16. The zero-order chi connectivity index (χ0) is 15.9. The van der Waals surface area contributed by atoms with E-state index < -0.39 is 5.60 Å². The van der Waals surface area contributed by atoms with Crippen LogP contribution in [0.2, 0.25) is 0 Å². The van der Waals surface area contributed by atoms with Gasteiger partial charge in [-0.2, -0.15) is 4.73 Å². The quantitative estimate of drug-likeness (QED) is 0.486. The Morgan fingerprint density at radius 3 is 2.68 bits per heavy atom. The van der Waals surface area contributed by atoms with E-state index in [0.717, 1.165) is 15.9 Å². The number of Topliss-reactive ketones (excluding diaryl/α,β-unsaturated/α-hetero) is 1. The maximum atomic E-state index is 12.1. The van der Waals surface area contributed by atoms with Crippen LogP contribution in [0.25, 0.3) is 5.57 Å². The van der Waals surface area contributed by atoms with Crippen molar-refractivity contribution in [1.29, 1.82) is 0 Å². The fourth-order valence-corrected chi connectivity index (χ4v) is 2.64. The molecule has 0 bridgehead atoms. The van der Waals surface area contributed by atoms with Gasteiger partial charge in [-0.3, -0.25) is 4.79 Å². The minimum atomic E-state index is -0.525. The molecule has 22 heavy (non-hydrogen) atoms. The summed E-state index contributed by atoms with van der Waals surface area (Å²) in [6, 6.07) is 10.6. The van der Waals surface area contributed by atoms with Gasteiger partial charge in [-0.15, -0.1) is 0 Å². The Bertz CT molecular complexity index is 791. The molecule has 0 unspecified atom stereocenters. The molecule has 1 aromatic heterocycles. The molecular formula is C18H17NO3. The maximum Gasteiger partial charge on any atom is 0.224 e. The van der Waals surface area contributed by atoms with Crippen LogP contribution in [0, 0.1) is 5.21 Å². The summed E-state index contributed by atoms with van der Waals surface area (Å²) in [5.74, 6) is 0.659. The molecule has 1 aromatic carbocycles. The van der Waals surface area contributed by atoms with Gasteiger partial charge in [0.25, 0.3) is 0 Å². The first-order valence-corrected chi connectivity index (χ1v) is 7.13. The normalized spacial score (nSPS) is 15.5. The van der Waals surface area contributed by atoms with E-state index in [1.807, 2.05) is 26.0 Å². The lowest BCUT2D eigenvalue weighted by Gasteiger charge is -2.30. The number of ether oxygens (including phenoxy) is 1. The van der Waals surface area contributed by atoms with E-state index in [4.69, 9.17) is 4.74 Å². The zero-order valence-electron chi connectivity index (χ0n) is 12.8. The summed E-state index contributed by atoms with van der Waals surface area (Å²) >= 11 is 0. The molecule has 3 rings (SSSR count). The van der Waals surface area contributed by atoms with Crippen LogP contribution in [-0.2, 0) is 0 Å². The molecule has 0 N–H and O–H groups in total. The van der Waals surface area contributed by atoms with Crippen molar-refractivity contribution in [3.63, 3.8) is 0 Å². The maximum absolute atomic E-state index is 12.1. The van der Waals surface area contributed by atoms with Crippen LogP contribution in [0.5, 0.6) is 5.75 Å². The highest BCUT2D eigenvalue weighted by Crippen LogP contribution is 2.39. The third-order valence-corrected chi connectivity index (χ3v) is 3.64. The van der Waals surface area contributed by atoms with Crippen molar-refractivity contribution in [2.24, 2.45) is 0 Å². The standard InChI is InChI=1S/C18H17NO3/c1-12(20)13-7-8-17-14(10-13)15(11-18(2,3)22-17)16-6-4-5-9-19(16)21/h4-11H,1-3H3. The molecule has 0 saturated heterocycles. The van der Waals surface area contributed by atoms with Gasteiger partial charge in [-0.1, -0.05) is 0 Å². The number of hydrogen-bond acceptors (Lipinski definition) is 3. The van der Waals surface area contributed by atoms with Gasteiger partial charge in [0.2, 0.25) is 5.69 Å². The van der Waals surface area contributed by atoms with Gasteiger partial charge in [-0.25, -0.2) is 0 Å². The number of nitrogens with zero attached hydrogens (tertiary/aromatic N) is 1. The Morgan fingerprint density at radius 2 is 2.00 bits per heavy atom. The second-order valence-corrected chi connectivity index (χ2v) is 5.94. The topological polar surface area (TPSA) is 53.2 Å². The molecule has 2 heterocycles. The van der Waals surface area contributed by atoms with E-state index in [9.17, 15) is 10.0 Å². The molecular weight excluding hydrogens is 278 g/mol. The molecule has 112 valence electrons. The van der Waals surface area contributed by atoms with Gasteiger partial charge in [0.05, 0.1) is 5.57 Å². The second-order valence-electron chi connectivity index (χ2n) is 5.94. The number of ketones is 1. The van der Waals surface area contributed by atoms with Gasteiger partial charge in [0.1, 0.15) is 11.4 Å². The van der Waals surface area contributed by atoms with Crippen LogP contribution in [0.1, 0.15) is 42.4 Å². The summed E-state index contributed by atoms with van der Waals surface area (Å²) in [4.78, 5) is 11.6. The molecule has 0 atom stereocenters. The summed E-state index contributed by atoms with van der Waals surface area (Å²) in [7, 11) is 0. The number of benzene rings is 1. The van der Waals surface area contributed by atoms with Gasteiger partial charge >= 0.3 is 0 Å². The molecule has 0 saturated carbocycles.